The summed E-state index contributed by atoms with van der Waals surface area (Å²) in [6, 6.07) is 3.88. The van der Waals surface area contributed by atoms with Gasteiger partial charge >= 0.3 is 0 Å². The lowest BCUT2D eigenvalue weighted by Gasteiger charge is -2.34. The first kappa shape index (κ1) is 13.0. The van der Waals surface area contributed by atoms with Crippen LogP contribution in [0.2, 0.25) is 0 Å². The van der Waals surface area contributed by atoms with E-state index in [1.807, 2.05) is 12.1 Å². The standard InChI is InChI=1S/C14H20BrNO/c1-2-10-5-3-4-6-12(10)14(17)13-8-7-11(15)9-16-13/h7-10,12,14,17H,2-6H2,1H3. The molecule has 0 aromatic carbocycles. The Bertz CT molecular complexity index is 352. The van der Waals surface area contributed by atoms with E-state index < -0.39 is 6.10 Å². The molecule has 0 radical (unpaired) electrons. The summed E-state index contributed by atoms with van der Waals surface area (Å²) in [6.07, 6.45) is 7.49. The van der Waals surface area contributed by atoms with Gasteiger partial charge in [0.25, 0.3) is 0 Å². The maximum absolute atomic E-state index is 10.5. The Balaban J connectivity index is 2.12. The second-order valence-electron chi connectivity index (χ2n) is 4.96. The van der Waals surface area contributed by atoms with Gasteiger partial charge in [-0.25, -0.2) is 0 Å². The van der Waals surface area contributed by atoms with Crippen LogP contribution in [-0.2, 0) is 0 Å². The van der Waals surface area contributed by atoms with Crippen LogP contribution in [0.4, 0.5) is 0 Å². The summed E-state index contributed by atoms with van der Waals surface area (Å²) in [5.74, 6) is 1.05. The van der Waals surface area contributed by atoms with E-state index in [1.165, 1.54) is 19.3 Å². The number of halogens is 1. The minimum Gasteiger partial charge on any atom is -0.387 e. The van der Waals surface area contributed by atoms with Crippen molar-refractivity contribution in [3.8, 4) is 0 Å². The maximum Gasteiger partial charge on any atom is 0.0990 e. The minimum absolute atomic E-state index is 0.391. The second kappa shape index (κ2) is 5.96. The van der Waals surface area contributed by atoms with E-state index in [0.29, 0.717) is 11.8 Å². The van der Waals surface area contributed by atoms with Crippen molar-refractivity contribution in [1.82, 2.24) is 4.98 Å². The van der Waals surface area contributed by atoms with Crippen LogP contribution in [0.1, 0.15) is 50.8 Å². The molecule has 0 amide bonds. The fourth-order valence-corrected chi connectivity index (χ4v) is 3.17. The molecule has 1 aliphatic carbocycles. The van der Waals surface area contributed by atoms with Crippen molar-refractivity contribution in [1.29, 1.82) is 0 Å². The third-order valence-electron chi connectivity index (χ3n) is 3.95. The molecule has 2 rings (SSSR count). The van der Waals surface area contributed by atoms with Crippen molar-refractivity contribution in [2.75, 3.05) is 0 Å². The van der Waals surface area contributed by atoms with E-state index in [0.717, 1.165) is 23.0 Å². The summed E-state index contributed by atoms with van der Waals surface area (Å²) in [5.41, 5.74) is 0.818. The number of hydrogen-bond acceptors (Lipinski definition) is 2. The molecule has 0 bridgehead atoms. The fraction of sp³-hybridized carbons (Fsp3) is 0.643. The number of rotatable bonds is 3. The molecule has 3 atom stereocenters. The first-order valence-corrected chi connectivity index (χ1v) is 7.31. The van der Waals surface area contributed by atoms with Gasteiger partial charge < -0.3 is 5.11 Å². The molecule has 94 valence electrons. The molecule has 3 heteroatoms. The third-order valence-corrected chi connectivity index (χ3v) is 4.42. The molecule has 1 aromatic heterocycles. The Hall–Kier alpha value is -0.410. The smallest absolute Gasteiger partial charge is 0.0990 e. The summed E-state index contributed by atoms with van der Waals surface area (Å²) in [7, 11) is 0. The summed E-state index contributed by atoms with van der Waals surface area (Å²) in [6.45, 7) is 2.23. The monoisotopic (exact) mass is 297 g/mol. The zero-order valence-electron chi connectivity index (χ0n) is 10.3. The van der Waals surface area contributed by atoms with E-state index in [-0.39, 0.29) is 0 Å². The molecule has 0 aliphatic heterocycles. The highest BCUT2D eigenvalue weighted by molar-refractivity contribution is 9.10. The van der Waals surface area contributed by atoms with E-state index in [9.17, 15) is 5.11 Å². The van der Waals surface area contributed by atoms with Crippen LogP contribution in [-0.4, -0.2) is 10.1 Å². The van der Waals surface area contributed by atoms with Crippen LogP contribution in [0.5, 0.6) is 0 Å². The molecule has 0 spiro atoms. The quantitative estimate of drug-likeness (QED) is 0.911. The zero-order chi connectivity index (χ0) is 12.3. The normalized spacial score (nSPS) is 26.8. The van der Waals surface area contributed by atoms with Crippen LogP contribution < -0.4 is 0 Å². The molecule has 1 N–H and O–H groups in total. The number of hydrogen-bond donors (Lipinski definition) is 1. The molecule has 0 saturated heterocycles. The first-order chi connectivity index (χ1) is 8.22. The number of aromatic nitrogens is 1. The van der Waals surface area contributed by atoms with Crippen LogP contribution in [0.25, 0.3) is 0 Å². The van der Waals surface area contributed by atoms with Crippen molar-refractivity contribution in [2.24, 2.45) is 11.8 Å². The highest BCUT2D eigenvalue weighted by atomic mass is 79.9. The lowest BCUT2D eigenvalue weighted by atomic mass is 9.74. The Morgan fingerprint density at radius 3 is 2.82 bits per heavy atom. The Morgan fingerprint density at radius 1 is 1.41 bits per heavy atom. The van der Waals surface area contributed by atoms with Crippen molar-refractivity contribution in [3.05, 3.63) is 28.5 Å². The van der Waals surface area contributed by atoms with Crippen LogP contribution in [0, 0.1) is 11.8 Å². The Morgan fingerprint density at radius 2 is 2.18 bits per heavy atom. The van der Waals surface area contributed by atoms with Crippen LogP contribution in [0.15, 0.2) is 22.8 Å². The molecule has 1 fully saturated rings. The summed E-state index contributed by atoms with van der Waals surface area (Å²) in [5, 5.41) is 10.5. The van der Waals surface area contributed by atoms with E-state index in [1.54, 1.807) is 6.20 Å². The minimum atomic E-state index is -0.395. The maximum atomic E-state index is 10.5. The van der Waals surface area contributed by atoms with Gasteiger partial charge in [-0.2, -0.15) is 0 Å². The summed E-state index contributed by atoms with van der Waals surface area (Å²) in [4.78, 5) is 4.33. The molecule has 2 nitrogen and oxygen atoms in total. The highest BCUT2D eigenvalue weighted by Gasteiger charge is 2.31. The highest BCUT2D eigenvalue weighted by Crippen LogP contribution is 2.39. The molecule has 3 unspecified atom stereocenters. The van der Waals surface area contributed by atoms with E-state index in [2.05, 4.69) is 27.8 Å². The summed E-state index contributed by atoms with van der Waals surface area (Å²) < 4.78 is 0.962. The number of nitrogens with zero attached hydrogens (tertiary/aromatic N) is 1. The van der Waals surface area contributed by atoms with E-state index >= 15 is 0 Å². The molecule has 1 aliphatic rings. The fourth-order valence-electron chi connectivity index (χ4n) is 2.94. The topological polar surface area (TPSA) is 33.1 Å². The number of pyridine rings is 1. The average Bonchev–Trinajstić information content (AvgIpc) is 2.39. The second-order valence-corrected chi connectivity index (χ2v) is 5.88. The van der Waals surface area contributed by atoms with E-state index in [4.69, 9.17) is 0 Å². The average molecular weight is 298 g/mol. The molecular formula is C14H20BrNO. The lowest BCUT2D eigenvalue weighted by molar-refractivity contribution is 0.0422. The lowest BCUT2D eigenvalue weighted by Crippen LogP contribution is -2.25. The SMILES string of the molecule is CCC1CCCCC1C(O)c1ccc(Br)cn1. The van der Waals surface area contributed by atoms with Gasteiger partial charge in [-0.1, -0.05) is 32.6 Å². The number of aliphatic hydroxyl groups is 1. The molecule has 1 aromatic rings. The van der Waals surface area contributed by atoms with Gasteiger partial charge in [0.15, 0.2) is 0 Å². The molecule has 1 heterocycles. The number of aliphatic hydroxyl groups excluding tert-OH is 1. The predicted molar refractivity (Wildman–Crippen MR) is 72.6 cm³/mol. The Kier molecular flexibility index (Phi) is 4.57. The van der Waals surface area contributed by atoms with Gasteiger partial charge in [0.1, 0.15) is 0 Å². The zero-order valence-corrected chi connectivity index (χ0v) is 11.9. The van der Waals surface area contributed by atoms with Crippen molar-refractivity contribution in [3.63, 3.8) is 0 Å². The van der Waals surface area contributed by atoms with Gasteiger partial charge in [-0.15, -0.1) is 0 Å². The Labute approximate surface area is 112 Å². The third kappa shape index (κ3) is 3.08. The van der Waals surface area contributed by atoms with Crippen molar-refractivity contribution < 1.29 is 5.11 Å². The van der Waals surface area contributed by atoms with Gasteiger partial charge in [0, 0.05) is 10.7 Å². The van der Waals surface area contributed by atoms with Gasteiger partial charge in [0.2, 0.25) is 0 Å². The van der Waals surface area contributed by atoms with Crippen LogP contribution in [0.3, 0.4) is 0 Å². The van der Waals surface area contributed by atoms with Crippen LogP contribution >= 0.6 is 15.9 Å². The van der Waals surface area contributed by atoms with Crippen molar-refractivity contribution >= 4 is 15.9 Å². The molecule has 17 heavy (non-hydrogen) atoms. The van der Waals surface area contributed by atoms with Gasteiger partial charge in [0.05, 0.1) is 11.8 Å². The summed E-state index contributed by atoms with van der Waals surface area (Å²) >= 11 is 3.37. The predicted octanol–water partition coefficient (Wildman–Crippen LogP) is 4.09. The van der Waals surface area contributed by atoms with Crippen molar-refractivity contribution in [2.45, 2.75) is 45.1 Å². The first-order valence-electron chi connectivity index (χ1n) is 6.52. The van der Waals surface area contributed by atoms with Gasteiger partial charge in [-0.05, 0) is 46.3 Å². The molecular weight excluding hydrogens is 278 g/mol. The molecule has 1 saturated carbocycles. The van der Waals surface area contributed by atoms with Gasteiger partial charge in [-0.3, -0.25) is 4.98 Å². The largest absolute Gasteiger partial charge is 0.387 e.